The third-order valence-corrected chi connectivity index (χ3v) is 6.52. The highest BCUT2D eigenvalue weighted by Gasteiger charge is 2.45. The summed E-state index contributed by atoms with van der Waals surface area (Å²) in [7, 11) is 0. The van der Waals surface area contributed by atoms with Crippen molar-refractivity contribution in [3.8, 4) is 0 Å². The molecule has 2 aliphatic carbocycles. The highest BCUT2D eigenvalue weighted by Crippen LogP contribution is 2.49. The number of pyridine rings is 1. The summed E-state index contributed by atoms with van der Waals surface area (Å²) in [5.41, 5.74) is 0.555. The zero-order valence-electron chi connectivity index (χ0n) is 16.8. The van der Waals surface area contributed by atoms with Crippen molar-refractivity contribution >= 4 is 23.4 Å². The maximum Gasteiger partial charge on any atom is 0.263 e. The smallest absolute Gasteiger partial charge is 0.263 e. The molecule has 0 aliphatic heterocycles. The summed E-state index contributed by atoms with van der Waals surface area (Å²) in [5.74, 6) is -0.624. The fourth-order valence-electron chi connectivity index (χ4n) is 4.23. The summed E-state index contributed by atoms with van der Waals surface area (Å²) in [5, 5.41) is 6.57. The molecule has 1 heterocycles. The van der Waals surface area contributed by atoms with Crippen LogP contribution in [-0.4, -0.2) is 29.0 Å². The third kappa shape index (κ3) is 4.43. The minimum atomic E-state index is -0.449. The molecule has 6 nitrogen and oxygen atoms in total. The molecule has 2 aliphatic rings. The molecule has 0 bridgehead atoms. The first-order chi connectivity index (χ1) is 14.5. The van der Waals surface area contributed by atoms with Gasteiger partial charge in [-0.2, -0.15) is 0 Å². The van der Waals surface area contributed by atoms with Crippen molar-refractivity contribution in [1.29, 1.82) is 0 Å². The monoisotopic (exact) mass is 427 g/mol. The Labute approximate surface area is 180 Å². The highest BCUT2D eigenvalue weighted by atomic mass is 35.5. The Balaban J connectivity index is 1.38. The minimum absolute atomic E-state index is 0.0759. The molecule has 2 amide bonds. The van der Waals surface area contributed by atoms with Crippen LogP contribution in [-0.2, 0) is 16.8 Å². The highest BCUT2D eigenvalue weighted by molar-refractivity contribution is 6.31. The van der Waals surface area contributed by atoms with Crippen LogP contribution in [0.3, 0.4) is 0 Å². The lowest BCUT2D eigenvalue weighted by Crippen LogP contribution is -2.40. The largest absolute Gasteiger partial charge is 0.354 e. The maximum atomic E-state index is 12.7. The van der Waals surface area contributed by atoms with E-state index in [2.05, 4.69) is 10.6 Å². The molecule has 4 rings (SSSR count). The Bertz CT molecular complexity index is 1010. The Kier molecular flexibility index (Phi) is 5.95. The first-order valence-corrected chi connectivity index (χ1v) is 10.9. The molecule has 0 radical (unpaired) electrons. The second-order valence-corrected chi connectivity index (χ2v) is 8.75. The minimum Gasteiger partial charge on any atom is -0.354 e. The van der Waals surface area contributed by atoms with Crippen LogP contribution in [0.25, 0.3) is 0 Å². The van der Waals surface area contributed by atoms with Crippen molar-refractivity contribution in [2.45, 2.75) is 56.5 Å². The normalized spacial score (nSPS) is 17.5. The SMILES string of the molecule is O=C(Cn1cccc(C(=O)NC2CCCC2)c1=O)NCC1(c2ccccc2Cl)CC1. The van der Waals surface area contributed by atoms with E-state index in [0.29, 0.717) is 11.6 Å². The van der Waals surface area contributed by atoms with Gasteiger partial charge in [-0.15, -0.1) is 0 Å². The van der Waals surface area contributed by atoms with E-state index in [-0.39, 0.29) is 35.4 Å². The number of nitrogens with one attached hydrogen (secondary N) is 2. The third-order valence-electron chi connectivity index (χ3n) is 6.19. The number of benzene rings is 1. The molecule has 158 valence electrons. The number of rotatable bonds is 7. The quantitative estimate of drug-likeness (QED) is 0.712. The van der Waals surface area contributed by atoms with Crippen molar-refractivity contribution in [3.05, 3.63) is 69.1 Å². The van der Waals surface area contributed by atoms with Gasteiger partial charge in [0.25, 0.3) is 11.5 Å². The number of hydrogen-bond donors (Lipinski definition) is 2. The molecule has 2 aromatic rings. The van der Waals surface area contributed by atoms with E-state index >= 15 is 0 Å². The predicted octanol–water partition coefficient (Wildman–Crippen LogP) is 3.02. The summed E-state index contributed by atoms with van der Waals surface area (Å²) in [6, 6.07) is 11.0. The zero-order valence-corrected chi connectivity index (χ0v) is 17.6. The van der Waals surface area contributed by atoms with Crippen LogP contribution in [0.4, 0.5) is 0 Å². The molecular formula is C23H26ClN3O3. The fraction of sp³-hybridized carbons (Fsp3) is 0.435. The Morgan fingerprint density at radius 3 is 2.53 bits per heavy atom. The van der Waals surface area contributed by atoms with E-state index in [4.69, 9.17) is 11.6 Å². The van der Waals surface area contributed by atoms with Crippen LogP contribution in [0.15, 0.2) is 47.4 Å². The Hall–Kier alpha value is -2.60. The first-order valence-electron chi connectivity index (χ1n) is 10.5. The van der Waals surface area contributed by atoms with E-state index in [9.17, 15) is 14.4 Å². The summed E-state index contributed by atoms with van der Waals surface area (Å²) in [6.07, 6.45) is 7.56. The van der Waals surface area contributed by atoms with Crippen LogP contribution in [0.1, 0.15) is 54.4 Å². The van der Waals surface area contributed by atoms with Crippen LogP contribution < -0.4 is 16.2 Å². The molecule has 30 heavy (non-hydrogen) atoms. The van der Waals surface area contributed by atoms with Crippen LogP contribution in [0, 0.1) is 0 Å². The molecule has 0 saturated heterocycles. The van der Waals surface area contributed by atoms with E-state index in [0.717, 1.165) is 44.1 Å². The van der Waals surface area contributed by atoms with Gasteiger partial charge in [0.1, 0.15) is 12.1 Å². The standard InChI is InChI=1S/C23H26ClN3O3/c24-19-10-4-3-9-18(19)23(11-12-23)15-25-20(28)14-27-13-5-8-17(22(27)30)21(29)26-16-6-1-2-7-16/h3-5,8-10,13,16H,1-2,6-7,11-12,14-15H2,(H,25,28)(H,26,29). The molecule has 0 spiro atoms. The summed E-state index contributed by atoms with van der Waals surface area (Å²) < 4.78 is 1.29. The van der Waals surface area contributed by atoms with Gasteiger partial charge in [-0.1, -0.05) is 42.6 Å². The predicted molar refractivity (Wildman–Crippen MR) is 116 cm³/mol. The van der Waals surface area contributed by atoms with Gasteiger partial charge < -0.3 is 15.2 Å². The molecule has 0 unspecified atom stereocenters. The number of hydrogen-bond acceptors (Lipinski definition) is 3. The van der Waals surface area contributed by atoms with Crippen LogP contribution in [0.5, 0.6) is 0 Å². The van der Waals surface area contributed by atoms with Crippen LogP contribution in [0.2, 0.25) is 5.02 Å². The first kappa shape index (κ1) is 20.7. The number of halogens is 1. The maximum absolute atomic E-state index is 12.7. The van der Waals surface area contributed by atoms with Gasteiger partial charge in [0.05, 0.1) is 0 Å². The molecule has 2 N–H and O–H groups in total. The zero-order chi connectivity index (χ0) is 21.1. The fourth-order valence-corrected chi connectivity index (χ4v) is 4.57. The van der Waals surface area contributed by atoms with Gasteiger partial charge in [-0.25, -0.2) is 0 Å². The molecule has 0 atom stereocenters. The average molecular weight is 428 g/mol. The van der Waals surface area contributed by atoms with Gasteiger partial charge >= 0.3 is 0 Å². The summed E-state index contributed by atoms with van der Waals surface area (Å²) in [6.45, 7) is 0.355. The Morgan fingerprint density at radius 1 is 1.10 bits per heavy atom. The second kappa shape index (κ2) is 8.64. The lowest BCUT2D eigenvalue weighted by Gasteiger charge is -2.18. The summed E-state index contributed by atoms with van der Waals surface area (Å²) >= 11 is 6.33. The van der Waals surface area contributed by atoms with Gasteiger partial charge in [0.15, 0.2) is 0 Å². The molecule has 2 fully saturated rings. The lowest BCUT2D eigenvalue weighted by molar-refractivity contribution is -0.121. The van der Waals surface area contributed by atoms with Crippen molar-refractivity contribution < 1.29 is 9.59 Å². The van der Waals surface area contributed by atoms with E-state index in [1.54, 1.807) is 6.07 Å². The van der Waals surface area contributed by atoms with Crippen molar-refractivity contribution in [2.75, 3.05) is 6.54 Å². The lowest BCUT2D eigenvalue weighted by atomic mass is 9.96. The van der Waals surface area contributed by atoms with Crippen molar-refractivity contribution in [1.82, 2.24) is 15.2 Å². The molecule has 1 aromatic heterocycles. The molecule has 1 aromatic carbocycles. The average Bonchev–Trinajstić information content (AvgIpc) is 3.35. The number of carbonyl (C=O) groups is 2. The van der Waals surface area contributed by atoms with Gasteiger partial charge in [-0.05, 0) is 49.4 Å². The molecule has 2 saturated carbocycles. The topological polar surface area (TPSA) is 80.2 Å². The van der Waals surface area contributed by atoms with E-state index in [1.807, 2.05) is 24.3 Å². The summed E-state index contributed by atoms with van der Waals surface area (Å²) in [4.78, 5) is 37.7. The van der Waals surface area contributed by atoms with Gasteiger partial charge in [0.2, 0.25) is 5.91 Å². The van der Waals surface area contributed by atoms with Gasteiger partial charge in [0, 0.05) is 29.2 Å². The second-order valence-electron chi connectivity index (χ2n) is 8.35. The number of aromatic nitrogens is 1. The van der Waals surface area contributed by atoms with E-state index < -0.39 is 5.56 Å². The van der Waals surface area contributed by atoms with Crippen LogP contribution >= 0.6 is 11.6 Å². The number of amides is 2. The molecule has 7 heteroatoms. The number of carbonyl (C=O) groups excluding carboxylic acids is 2. The Morgan fingerprint density at radius 2 is 1.83 bits per heavy atom. The number of nitrogens with zero attached hydrogens (tertiary/aromatic N) is 1. The molecular weight excluding hydrogens is 402 g/mol. The van der Waals surface area contributed by atoms with Gasteiger partial charge in [-0.3, -0.25) is 14.4 Å². The van der Waals surface area contributed by atoms with Crippen molar-refractivity contribution in [3.63, 3.8) is 0 Å². The van der Waals surface area contributed by atoms with Crippen molar-refractivity contribution in [2.24, 2.45) is 0 Å². The van der Waals surface area contributed by atoms with E-state index in [1.165, 1.54) is 16.8 Å².